The fraction of sp³-hybridized carbons (Fsp3) is 0.323. The van der Waals surface area contributed by atoms with Crippen molar-refractivity contribution >= 4 is 50.1 Å². The molecule has 0 radical (unpaired) electrons. The lowest BCUT2D eigenvalue weighted by atomic mass is 9.89. The molecule has 0 saturated carbocycles. The molecule has 0 atom stereocenters. The van der Waals surface area contributed by atoms with Crippen LogP contribution in [0.2, 0.25) is 0 Å². The van der Waals surface area contributed by atoms with E-state index in [-0.39, 0.29) is 0 Å². The molecule has 0 unspecified atom stereocenters. The van der Waals surface area contributed by atoms with E-state index in [0.29, 0.717) is 11.0 Å². The van der Waals surface area contributed by atoms with Gasteiger partial charge in [0.05, 0.1) is 0 Å². The average Bonchev–Trinajstić information content (AvgIpc) is 3.33. The van der Waals surface area contributed by atoms with E-state index in [2.05, 4.69) is 83.9 Å². The van der Waals surface area contributed by atoms with Gasteiger partial charge in [-0.25, -0.2) is 0 Å². The van der Waals surface area contributed by atoms with Crippen LogP contribution >= 0.6 is 23.6 Å². The average molecular weight is 514 g/mol. The van der Waals surface area contributed by atoms with Crippen LogP contribution in [0.4, 0.5) is 11.4 Å². The van der Waals surface area contributed by atoms with Gasteiger partial charge in [0.1, 0.15) is 0 Å². The second-order valence-electron chi connectivity index (χ2n) is 9.78. The van der Waals surface area contributed by atoms with Crippen LogP contribution in [0, 0.1) is 0 Å². The number of rotatable bonds is 8. The van der Waals surface area contributed by atoms with Crippen LogP contribution in [0.5, 0.6) is 0 Å². The number of nitrogens with zero attached hydrogens (tertiary/aromatic N) is 2. The van der Waals surface area contributed by atoms with Crippen molar-refractivity contribution in [3.05, 3.63) is 83.7 Å². The van der Waals surface area contributed by atoms with Crippen molar-refractivity contribution in [1.29, 1.82) is 0 Å². The van der Waals surface area contributed by atoms with Crippen molar-refractivity contribution in [2.45, 2.75) is 44.9 Å². The Hall–Kier alpha value is -2.73. The molecular formula is C31H35N3S2. The number of piperidine rings is 1. The Morgan fingerprint density at radius 2 is 1.64 bits per heavy atom. The molecular weight excluding hydrogens is 478 g/mol. The zero-order chi connectivity index (χ0) is 24.9. The first kappa shape index (κ1) is 24.9. The van der Waals surface area contributed by atoms with Gasteiger partial charge in [-0.3, -0.25) is 4.90 Å². The standard InChI is InChI=1S/C31H35N3S2/c1-2-3-7-18-33-19-16-25(17-20-33)29-22-36-30-15-14-27(21-28(29)30)34(31(32)35)26-12-10-24(11-13-26)23-8-5-4-6-9-23/h4-6,8-15,21-22,25H,2-3,7,16-20H2,1H3,(H2,32,35). The number of thiophene rings is 1. The Bertz CT molecular complexity index is 1290. The Labute approximate surface area is 224 Å². The van der Waals surface area contributed by atoms with Crippen molar-refractivity contribution in [1.82, 2.24) is 4.90 Å². The Balaban J connectivity index is 1.37. The molecule has 5 rings (SSSR count). The van der Waals surface area contributed by atoms with E-state index < -0.39 is 0 Å². The molecule has 186 valence electrons. The highest BCUT2D eigenvalue weighted by Crippen LogP contribution is 2.39. The van der Waals surface area contributed by atoms with Crippen molar-refractivity contribution in [2.75, 3.05) is 24.5 Å². The van der Waals surface area contributed by atoms with Crippen LogP contribution in [0.1, 0.15) is 50.5 Å². The first-order valence-electron chi connectivity index (χ1n) is 13.1. The van der Waals surface area contributed by atoms with Crippen molar-refractivity contribution < 1.29 is 0 Å². The number of anilines is 2. The molecule has 1 aliphatic heterocycles. The summed E-state index contributed by atoms with van der Waals surface area (Å²) < 4.78 is 1.33. The van der Waals surface area contributed by atoms with Crippen LogP contribution in [-0.4, -0.2) is 29.6 Å². The van der Waals surface area contributed by atoms with E-state index in [1.165, 1.54) is 78.5 Å². The normalized spacial score (nSPS) is 14.8. The fourth-order valence-corrected chi connectivity index (χ4v) is 6.62. The molecule has 3 aromatic carbocycles. The van der Waals surface area contributed by atoms with E-state index in [0.717, 1.165) is 11.4 Å². The first-order valence-corrected chi connectivity index (χ1v) is 14.4. The number of unbranched alkanes of at least 4 members (excludes halogenated alkanes) is 2. The molecule has 2 heterocycles. The summed E-state index contributed by atoms with van der Waals surface area (Å²) in [5.41, 5.74) is 12.2. The maximum Gasteiger partial charge on any atom is 0.175 e. The van der Waals surface area contributed by atoms with E-state index in [9.17, 15) is 0 Å². The minimum atomic E-state index is 0.360. The van der Waals surface area contributed by atoms with Gasteiger partial charge in [0.25, 0.3) is 0 Å². The smallest absolute Gasteiger partial charge is 0.175 e. The molecule has 0 bridgehead atoms. The Morgan fingerprint density at radius 1 is 0.944 bits per heavy atom. The van der Waals surface area contributed by atoms with Crippen molar-refractivity contribution in [2.24, 2.45) is 5.73 Å². The molecule has 4 aromatic rings. The summed E-state index contributed by atoms with van der Waals surface area (Å²) in [7, 11) is 0. The van der Waals surface area contributed by atoms with E-state index in [1.807, 2.05) is 22.3 Å². The summed E-state index contributed by atoms with van der Waals surface area (Å²) in [5.74, 6) is 0.625. The predicted molar refractivity (Wildman–Crippen MR) is 161 cm³/mol. The van der Waals surface area contributed by atoms with Crippen molar-refractivity contribution in [3.63, 3.8) is 0 Å². The van der Waals surface area contributed by atoms with Gasteiger partial charge in [-0.2, -0.15) is 0 Å². The molecule has 1 fully saturated rings. The molecule has 1 aliphatic rings. The zero-order valence-electron chi connectivity index (χ0n) is 21.0. The van der Waals surface area contributed by atoms with Gasteiger partial charge in [-0.15, -0.1) is 11.3 Å². The molecule has 0 aliphatic carbocycles. The third kappa shape index (κ3) is 5.49. The molecule has 0 spiro atoms. The molecule has 1 aromatic heterocycles. The summed E-state index contributed by atoms with van der Waals surface area (Å²) in [4.78, 5) is 4.64. The number of thiocarbonyl (C=S) groups is 1. The third-order valence-corrected chi connectivity index (χ3v) is 8.57. The second-order valence-corrected chi connectivity index (χ2v) is 11.1. The summed E-state index contributed by atoms with van der Waals surface area (Å²) in [6, 6.07) is 25.6. The lowest BCUT2D eigenvalue weighted by molar-refractivity contribution is 0.209. The molecule has 5 heteroatoms. The molecule has 36 heavy (non-hydrogen) atoms. The lowest BCUT2D eigenvalue weighted by Crippen LogP contribution is -2.33. The summed E-state index contributed by atoms with van der Waals surface area (Å²) in [5, 5.41) is 4.09. The third-order valence-electron chi connectivity index (χ3n) is 7.40. The van der Waals surface area contributed by atoms with Gasteiger partial charge in [-0.05, 0) is 115 Å². The van der Waals surface area contributed by atoms with Gasteiger partial charge >= 0.3 is 0 Å². The van der Waals surface area contributed by atoms with Crippen LogP contribution in [0.25, 0.3) is 21.2 Å². The highest BCUT2D eigenvalue weighted by Gasteiger charge is 2.23. The number of hydrogen-bond acceptors (Lipinski definition) is 3. The minimum Gasteiger partial charge on any atom is -0.376 e. The molecule has 1 saturated heterocycles. The molecule has 3 nitrogen and oxygen atoms in total. The highest BCUT2D eigenvalue weighted by atomic mass is 32.1. The maximum atomic E-state index is 6.27. The van der Waals surface area contributed by atoms with Crippen LogP contribution in [0.3, 0.4) is 0 Å². The van der Waals surface area contributed by atoms with Gasteiger partial charge in [0.2, 0.25) is 0 Å². The number of fused-ring (bicyclic) bond motifs is 1. The number of nitrogens with two attached hydrogens (primary N) is 1. The van der Waals surface area contributed by atoms with Gasteiger partial charge < -0.3 is 10.6 Å². The summed E-state index contributed by atoms with van der Waals surface area (Å²) in [6.45, 7) is 5.94. The van der Waals surface area contributed by atoms with Crippen LogP contribution < -0.4 is 10.6 Å². The highest BCUT2D eigenvalue weighted by molar-refractivity contribution is 7.80. The molecule has 2 N–H and O–H groups in total. The number of hydrogen-bond donors (Lipinski definition) is 1. The van der Waals surface area contributed by atoms with E-state index in [4.69, 9.17) is 18.0 Å². The largest absolute Gasteiger partial charge is 0.376 e. The van der Waals surface area contributed by atoms with Crippen molar-refractivity contribution in [3.8, 4) is 11.1 Å². The Kier molecular flexibility index (Phi) is 8.00. The van der Waals surface area contributed by atoms with E-state index >= 15 is 0 Å². The Morgan fingerprint density at radius 3 is 2.33 bits per heavy atom. The monoisotopic (exact) mass is 513 g/mol. The van der Waals surface area contributed by atoms with Gasteiger partial charge in [-0.1, -0.05) is 62.2 Å². The quantitative estimate of drug-likeness (QED) is 0.190. The number of likely N-dealkylation sites (tertiary alicyclic amines) is 1. The van der Waals surface area contributed by atoms with Gasteiger partial charge in [0.15, 0.2) is 5.11 Å². The van der Waals surface area contributed by atoms with Crippen LogP contribution in [0.15, 0.2) is 78.2 Å². The molecule has 0 amide bonds. The van der Waals surface area contributed by atoms with Gasteiger partial charge in [0, 0.05) is 16.1 Å². The SMILES string of the molecule is CCCCCN1CCC(c2csc3ccc(N(C(N)=S)c4ccc(-c5ccccc5)cc4)cc23)CC1. The summed E-state index contributed by atoms with van der Waals surface area (Å²) in [6.07, 6.45) is 6.43. The summed E-state index contributed by atoms with van der Waals surface area (Å²) >= 11 is 7.38. The van der Waals surface area contributed by atoms with Crippen LogP contribution in [-0.2, 0) is 0 Å². The minimum absolute atomic E-state index is 0.360. The topological polar surface area (TPSA) is 32.5 Å². The fourth-order valence-electron chi connectivity index (χ4n) is 5.38. The zero-order valence-corrected chi connectivity index (χ0v) is 22.7. The predicted octanol–water partition coefficient (Wildman–Crippen LogP) is 8.32. The lowest BCUT2D eigenvalue weighted by Gasteiger charge is -2.32. The first-order chi connectivity index (χ1) is 17.6. The maximum absolute atomic E-state index is 6.27. The van der Waals surface area contributed by atoms with E-state index in [1.54, 1.807) is 0 Å². The second kappa shape index (κ2) is 11.5. The number of benzene rings is 3.